The van der Waals surface area contributed by atoms with Gasteiger partial charge >= 0.3 is 5.97 Å². The number of aryl methyl sites for hydroxylation is 1. The second-order valence-corrected chi connectivity index (χ2v) is 3.19. The van der Waals surface area contributed by atoms with Crippen molar-refractivity contribution in [1.82, 2.24) is 19.3 Å². The quantitative estimate of drug-likeness (QED) is 0.720. The van der Waals surface area contributed by atoms with Gasteiger partial charge in [-0.1, -0.05) is 0 Å². The van der Waals surface area contributed by atoms with E-state index in [-0.39, 0.29) is 5.97 Å². The first-order valence-corrected chi connectivity index (χ1v) is 4.93. The van der Waals surface area contributed by atoms with Crippen molar-refractivity contribution in [3.63, 3.8) is 0 Å². The van der Waals surface area contributed by atoms with Gasteiger partial charge in [-0.2, -0.15) is 0 Å². The highest BCUT2D eigenvalue weighted by molar-refractivity contribution is 5.88. The van der Waals surface area contributed by atoms with E-state index in [9.17, 15) is 4.79 Å². The van der Waals surface area contributed by atoms with E-state index < -0.39 is 0 Å². The minimum absolute atomic E-state index is 0.341. The van der Waals surface area contributed by atoms with Gasteiger partial charge in [0.25, 0.3) is 0 Å². The minimum atomic E-state index is -0.383. The van der Waals surface area contributed by atoms with E-state index in [2.05, 4.69) is 9.97 Å². The van der Waals surface area contributed by atoms with Crippen LogP contribution in [0.2, 0.25) is 0 Å². The molecule has 0 bridgehead atoms. The summed E-state index contributed by atoms with van der Waals surface area (Å²) in [6.45, 7) is 3.87. The molecule has 2 aromatic rings. The largest absolute Gasteiger partial charge is 0.461 e. The van der Waals surface area contributed by atoms with Gasteiger partial charge in [-0.05, 0) is 13.8 Å². The zero-order chi connectivity index (χ0) is 11.5. The van der Waals surface area contributed by atoms with Crippen LogP contribution in [-0.4, -0.2) is 31.9 Å². The first-order valence-electron chi connectivity index (χ1n) is 4.93. The van der Waals surface area contributed by atoms with Crippen LogP contribution in [0.5, 0.6) is 0 Å². The fourth-order valence-corrected chi connectivity index (χ4v) is 1.42. The predicted octanol–water partition coefficient (Wildman–Crippen LogP) is 0.876. The molecule has 2 rings (SSSR count). The van der Waals surface area contributed by atoms with Gasteiger partial charge in [0.15, 0.2) is 5.69 Å². The fraction of sp³-hybridized carbons (Fsp3) is 0.300. The number of esters is 1. The second-order valence-electron chi connectivity index (χ2n) is 3.19. The summed E-state index contributed by atoms with van der Waals surface area (Å²) in [7, 11) is 0. The highest BCUT2D eigenvalue weighted by Crippen LogP contribution is 2.08. The average Bonchev–Trinajstić information content (AvgIpc) is 2.86. The second kappa shape index (κ2) is 4.18. The highest BCUT2D eigenvalue weighted by Gasteiger charge is 2.17. The lowest BCUT2D eigenvalue weighted by atomic mass is 10.3. The number of carbonyl (C=O) groups is 1. The Morgan fingerprint density at radius 3 is 2.94 bits per heavy atom. The molecule has 0 saturated carbocycles. The molecule has 2 aromatic heterocycles. The molecule has 0 spiro atoms. The number of nitrogens with zero attached hydrogens (tertiary/aromatic N) is 4. The SMILES string of the molecule is CCOC(=O)c1c(C)ncn1-n1ccnc1. The molecule has 0 atom stereocenters. The molecule has 2 heterocycles. The van der Waals surface area contributed by atoms with Gasteiger partial charge in [0.1, 0.15) is 12.7 Å². The Hall–Kier alpha value is -2.11. The molecular formula is C10H12N4O2. The lowest BCUT2D eigenvalue weighted by Gasteiger charge is -2.08. The van der Waals surface area contributed by atoms with E-state index in [1.54, 1.807) is 48.2 Å². The monoisotopic (exact) mass is 220 g/mol. The Bertz CT molecular complexity index is 487. The highest BCUT2D eigenvalue weighted by atomic mass is 16.5. The number of carbonyl (C=O) groups excluding carboxylic acids is 1. The lowest BCUT2D eigenvalue weighted by Crippen LogP contribution is -2.17. The summed E-state index contributed by atoms with van der Waals surface area (Å²) in [5, 5.41) is 0. The summed E-state index contributed by atoms with van der Waals surface area (Å²) in [6, 6.07) is 0. The number of imidazole rings is 2. The number of rotatable bonds is 3. The molecular weight excluding hydrogens is 208 g/mol. The first-order chi connectivity index (χ1) is 7.74. The van der Waals surface area contributed by atoms with E-state index in [1.165, 1.54) is 0 Å². The number of hydrogen-bond donors (Lipinski definition) is 0. The summed E-state index contributed by atoms with van der Waals surface area (Å²) in [5.41, 5.74) is 1.05. The zero-order valence-corrected chi connectivity index (χ0v) is 9.12. The van der Waals surface area contributed by atoms with Crippen molar-refractivity contribution in [2.75, 3.05) is 6.61 Å². The molecule has 0 radical (unpaired) electrons. The molecule has 16 heavy (non-hydrogen) atoms. The molecule has 0 saturated heterocycles. The Morgan fingerprint density at radius 2 is 2.31 bits per heavy atom. The van der Waals surface area contributed by atoms with E-state index in [0.29, 0.717) is 18.0 Å². The van der Waals surface area contributed by atoms with Crippen molar-refractivity contribution in [3.05, 3.63) is 36.4 Å². The van der Waals surface area contributed by atoms with E-state index in [1.807, 2.05) is 0 Å². The first kappa shape index (κ1) is 10.4. The van der Waals surface area contributed by atoms with E-state index in [4.69, 9.17) is 4.74 Å². The van der Waals surface area contributed by atoms with Crippen molar-refractivity contribution in [1.29, 1.82) is 0 Å². The maximum Gasteiger partial charge on any atom is 0.358 e. The van der Waals surface area contributed by atoms with Crippen molar-refractivity contribution >= 4 is 5.97 Å². The summed E-state index contributed by atoms with van der Waals surface area (Å²) in [6.07, 6.45) is 6.50. The van der Waals surface area contributed by atoms with Crippen molar-refractivity contribution in [2.24, 2.45) is 0 Å². The molecule has 0 aliphatic rings. The van der Waals surface area contributed by atoms with Crippen molar-refractivity contribution in [2.45, 2.75) is 13.8 Å². The van der Waals surface area contributed by atoms with Gasteiger partial charge in [0.05, 0.1) is 12.3 Å². The average molecular weight is 220 g/mol. The summed E-state index contributed by atoms with van der Waals surface area (Å²) < 4.78 is 8.23. The standard InChI is InChI=1S/C10H12N4O2/c1-3-16-10(15)9-8(2)12-7-14(9)13-5-4-11-6-13/h4-7H,3H2,1-2H3. The van der Waals surface area contributed by atoms with Crippen LogP contribution in [0.25, 0.3) is 0 Å². The van der Waals surface area contributed by atoms with Gasteiger partial charge in [-0.25, -0.2) is 24.1 Å². The van der Waals surface area contributed by atoms with Crippen LogP contribution in [0.15, 0.2) is 25.0 Å². The van der Waals surface area contributed by atoms with E-state index in [0.717, 1.165) is 0 Å². The predicted molar refractivity (Wildman–Crippen MR) is 55.9 cm³/mol. The Labute approximate surface area is 92.5 Å². The van der Waals surface area contributed by atoms with Gasteiger partial charge in [-0.3, -0.25) is 0 Å². The zero-order valence-electron chi connectivity index (χ0n) is 9.12. The number of ether oxygens (including phenoxy) is 1. The summed E-state index contributed by atoms with van der Waals surface area (Å²) in [4.78, 5) is 19.7. The van der Waals surface area contributed by atoms with Gasteiger partial charge in [-0.15, -0.1) is 0 Å². The van der Waals surface area contributed by atoms with Crippen LogP contribution in [0.3, 0.4) is 0 Å². The molecule has 0 fully saturated rings. The summed E-state index contributed by atoms with van der Waals surface area (Å²) in [5.74, 6) is -0.383. The lowest BCUT2D eigenvalue weighted by molar-refractivity contribution is 0.0511. The molecule has 0 N–H and O–H groups in total. The van der Waals surface area contributed by atoms with Crippen molar-refractivity contribution < 1.29 is 9.53 Å². The third-order valence-corrected chi connectivity index (χ3v) is 2.14. The van der Waals surface area contributed by atoms with Crippen LogP contribution in [-0.2, 0) is 4.74 Å². The Balaban J connectivity index is 2.44. The minimum Gasteiger partial charge on any atom is -0.461 e. The smallest absolute Gasteiger partial charge is 0.358 e. The fourth-order valence-electron chi connectivity index (χ4n) is 1.42. The van der Waals surface area contributed by atoms with Crippen LogP contribution in [0, 0.1) is 6.92 Å². The molecule has 84 valence electrons. The van der Waals surface area contributed by atoms with Gasteiger partial charge < -0.3 is 4.74 Å². The molecule has 0 aromatic carbocycles. The third-order valence-electron chi connectivity index (χ3n) is 2.14. The van der Waals surface area contributed by atoms with Crippen LogP contribution in [0.4, 0.5) is 0 Å². The molecule has 0 unspecified atom stereocenters. The molecule has 6 heteroatoms. The molecule has 6 nitrogen and oxygen atoms in total. The van der Waals surface area contributed by atoms with Crippen molar-refractivity contribution in [3.8, 4) is 0 Å². The van der Waals surface area contributed by atoms with Crippen LogP contribution < -0.4 is 0 Å². The Morgan fingerprint density at radius 1 is 1.50 bits per heavy atom. The maximum atomic E-state index is 11.7. The molecule has 0 aliphatic carbocycles. The van der Waals surface area contributed by atoms with Crippen LogP contribution in [0.1, 0.15) is 23.1 Å². The summed E-state index contributed by atoms with van der Waals surface area (Å²) >= 11 is 0. The topological polar surface area (TPSA) is 61.9 Å². The van der Waals surface area contributed by atoms with Crippen LogP contribution >= 0.6 is 0 Å². The van der Waals surface area contributed by atoms with Gasteiger partial charge in [0.2, 0.25) is 0 Å². The molecule has 0 amide bonds. The number of aromatic nitrogens is 4. The Kier molecular flexibility index (Phi) is 2.72. The normalized spacial score (nSPS) is 10.4. The maximum absolute atomic E-state index is 11.7. The number of hydrogen-bond acceptors (Lipinski definition) is 4. The van der Waals surface area contributed by atoms with Gasteiger partial charge in [0, 0.05) is 12.4 Å². The third kappa shape index (κ3) is 1.69. The van der Waals surface area contributed by atoms with E-state index >= 15 is 0 Å². The molecule has 0 aliphatic heterocycles.